The lowest BCUT2D eigenvalue weighted by molar-refractivity contribution is 0.0508. The summed E-state index contributed by atoms with van der Waals surface area (Å²) < 4.78 is 46.2. The fourth-order valence-electron chi connectivity index (χ4n) is 4.78. The number of rotatable bonds is 7. The van der Waals surface area contributed by atoms with Gasteiger partial charge in [-0.1, -0.05) is 37.3 Å². The molecule has 8 heteroatoms. The van der Waals surface area contributed by atoms with Crippen molar-refractivity contribution in [3.8, 4) is 5.75 Å². The number of esters is 1. The minimum atomic E-state index is -3.71. The van der Waals surface area contributed by atoms with Gasteiger partial charge in [-0.15, -0.1) is 0 Å². The molecule has 3 unspecified atom stereocenters. The molecule has 0 radical (unpaired) electrons. The molecule has 1 fully saturated rings. The summed E-state index contributed by atoms with van der Waals surface area (Å²) in [6.45, 7) is 2.81. The molecule has 2 heterocycles. The Hall–Kier alpha value is -2.58. The number of methoxy groups -OCH3 is 1. The molecule has 4 rings (SSSR count). The fourth-order valence-corrected chi connectivity index (χ4v) is 7.16. The van der Waals surface area contributed by atoms with Gasteiger partial charge in [-0.3, -0.25) is 4.31 Å². The number of aryl methyl sites for hydroxylation is 1. The Labute approximate surface area is 195 Å². The normalized spacial score (nSPS) is 23.0. The Morgan fingerprint density at radius 2 is 1.88 bits per heavy atom. The maximum absolute atomic E-state index is 14.0. The predicted octanol–water partition coefficient (Wildman–Crippen LogP) is 3.82. The summed E-state index contributed by atoms with van der Waals surface area (Å²) in [7, 11) is -2.39. The molecule has 2 aromatic rings. The predicted molar refractivity (Wildman–Crippen MR) is 126 cm³/mol. The highest BCUT2D eigenvalue weighted by Crippen LogP contribution is 2.37. The third kappa shape index (κ3) is 4.73. The van der Waals surface area contributed by atoms with Crippen molar-refractivity contribution >= 4 is 21.7 Å². The van der Waals surface area contributed by atoms with E-state index in [4.69, 9.17) is 14.2 Å². The number of carbonyl (C=O) groups excluding carboxylic acids is 1. The zero-order valence-electron chi connectivity index (χ0n) is 19.1. The van der Waals surface area contributed by atoms with Gasteiger partial charge >= 0.3 is 5.97 Å². The summed E-state index contributed by atoms with van der Waals surface area (Å²) in [6.07, 6.45) is 2.98. The average molecular weight is 474 g/mol. The molecule has 3 atom stereocenters. The number of hydrogen-bond acceptors (Lipinski definition) is 6. The number of para-hydroxylation sites is 2. The molecule has 0 spiro atoms. The van der Waals surface area contributed by atoms with Crippen molar-refractivity contribution in [2.45, 2.75) is 43.9 Å². The summed E-state index contributed by atoms with van der Waals surface area (Å²) in [6, 6.07) is 14.5. The van der Waals surface area contributed by atoms with Gasteiger partial charge in [0.2, 0.25) is 10.0 Å². The smallest absolute Gasteiger partial charge is 0.341 e. The second kappa shape index (κ2) is 10.1. The molecule has 178 valence electrons. The van der Waals surface area contributed by atoms with Crippen molar-refractivity contribution in [1.82, 2.24) is 0 Å². The van der Waals surface area contributed by atoms with Crippen LogP contribution >= 0.6 is 0 Å². The number of sulfonamides is 1. The number of carbonyl (C=O) groups is 1. The maximum atomic E-state index is 14.0. The SMILES string of the molecule is CCC1CCc2ccccc2N1S(=O)(=O)C1COCCC1COc1ccccc1C(=O)OC. The first-order valence-corrected chi connectivity index (χ1v) is 13.0. The van der Waals surface area contributed by atoms with Crippen LogP contribution in [0, 0.1) is 5.92 Å². The van der Waals surface area contributed by atoms with Crippen molar-refractivity contribution in [3.05, 3.63) is 59.7 Å². The van der Waals surface area contributed by atoms with Crippen LogP contribution in [0.2, 0.25) is 0 Å². The first-order valence-electron chi connectivity index (χ1n) is 11.5. The fraction of sp³-hybridized carbons (Fsp3) is 0.480. The highest BCUT2D eigenvalue weighted by Gasteiger charge is 2.44. The minimum Gasteiger partial charge on any atom is -0.492 e. The Morgan fingerprint density at radius 1 is 1.12 bits per heavy atom. The van der Waals surface area contributed by atoms with Crippen LogP contribution in [0.5, 0.6) is 5.75 Å². The van der Waals surface area contributed by atoms with E-state index in [0.29, 0.717) is 24.3 Å². The van der Waals surface area contributed by atoms with E-state index in [1.165, 1.54) is 7.11 Å². The van der Waals surface area contributed by atoms with E-state index in [9.17, 15) is 13.2 Å². The molecule has 7 nitrogen and oxygen atoms in total. The lowest BCUT2D eigenvalue weighted by Crippen LogP contribution is -2.53. The molecule has 2 aliphatic rings. The summed E-state index contributed by atoms with van der Waals surface area (Å²) in [5, 5.41) is -0.725. The number of benzene rings is 2. The quantitative estimate of drug-likeness (QED) is 0.569. The third-order valence-electron chi connectivity index (χ3n) is 6.62. The molecule has 0 aromatic heterocycles. The van der Waals surface area contributed by atoms with Crippen molar-refractivity contribution in [3.63, 3.8) is 0 Å². The molecule has 0 saturated carbocycles. The Balaban J connectivity index is 1.60. The molecule has 0 amide bonds. The van der Waals surface area contributed by atoms with Crippen LogP contribution in [0.15, 0.2) is 48.5 Å². The summed E-state index contributed by atoms with van der Waals surface area (Å²) in [5.74, 6) is -0.361. The standard InChI is InChI=1S/C25H31NO6S/c1-3-20-13-12-18-8-4-6-10-22(18)26(20)33(28,29)24-17-31-15-14-19(24)16-32-23-11-7-5-9-21(23)25(27)30-2/h4-11,19-20,24H,3,12-17H2,1-2H3. The van der Waals surface area contributed by atoms with E-state index < -0.39 is 21.2 Å². The number of fused-ring (bicyclic) bond motifs is 1. The van der Waals surface area contributed by atoms with Gasteiger partial charge in [0.15, 0.2) is 0 Å². The van der Waals surface area contributed by atoms with Crippen LogP contribution < -0.4 is 9.04 Å². The topological polar surface area (TPSA) is 82.1 Å². The van der Waals surface area contributed by atoms with Crippen molar-refractivity contribution in [2.75, 3.05) is 31.2 Å². The summed E-state index contributed by atoms with van der Waals surface area (Å²) >= 11 is 0. The van der Waals surface area contributed by atoms with Gasteiger partial charge in [-0.2, -0.15) is 0 Å². The van der Waals surface area contributed by atoms with E-state index >= 15 is 0 Å². The maximum Gasteiger partial charge on any atom is 0.341 e. The Kier molecular flexibility index (Phi) is 7.24. The van der Waals surface area contributed by atoms with Gasteiger partial charge in [0, 0.05) is 18.6 Å². The van der Waals surface area contributed by atoms with E-state index in [0.717, 1.165) is 30.5 Å². The largest absolute Gasteiger partial charge is 0.492 e. The van der Waals surface area contributed by atoms with Gasteiger partial charge in [-0.25, -0.2) is 13.2 Å². The third-order valence-corrected chi connectivity index (χ3v) is 8.95. The second-order valence-electron chi connectivity index (χ2n) is 8.53. The zero-order valence-corrected chi connectivity index (χ0v) is 19.9. The van der Waals surface area contributed by atoms with E-state index in [-0.39, 0.29) is 25.2 Å². The van der Waals surface area contributed by atoms with E-state index in [1.807, 2.05) is 31.2 Å². The summed E-state index contributed by atoms with van der Waals surface area (Å²) in [4.78, 5) is 12.1. The molecular formula is C25H31NO6S. The van der Waals surface area contributed by atoms with Crippen LogP contribution in [-0.2, 0) is 25.9 Å². The molecular weight excluding hydrogens is 442 g/mol. The average Bonchev–Trinajstić information content (AvgIpc) is 2.86. The number of ether oxygens (including phenoxy) is 3. The van der Waals surface area contributed by atoms with Gasteiger partial charge < -0.3 is 14.2 Å². The second-order valence-corrected chi connectivity index (χ2v) is 10.6. The molecule has 1 saturated heterocycles. The molecule has 0 N–H and O–H groups in total. The van der Waals surface area contributed by atoms with Crippen molar-refractivity contribution in [1.29, 1.82) is 0 Å². The van der Waals surface area contributed by atoms with Crippen LogP contribution in [0.1, 0.15) is 42.1 Å². The van der Waals surface area contributed by atoms with Crippen LogP contribution in [0.25, 0.3) is 0 Å². The van der Waals surface area contributed by atoms with Gasteiger partial charge in [0.1, 0.15) is 16.6 Å². The molecule has 0 bridgehead atoms. The monoisotopic (exact) mass is 473 g/mol. The zero-order chi connectivity index (χ0) is 23.4. The van der Waals surface area contributed by atoms with Gasteiger partial charge in [0.05, 0.1) is 26.0 Å². The number of nitrogens with zero attached hydrogens (tertiary/aromatic N) is 1. The first-order chi connectivity index (χ1) is 16.0. The highest BCUT2D eigenvalue weighted by molar-refractivity contribution is 7.93. The van der Waals surface area contributed by atoms with E-state index in [1.54, 1.807) is 28.6 Å². The van der Waals surface area contributed by atoms with E-state index in [2.05, 4.69) is 0 Å². The van der Waals surface area contributed by atoms with Crippen LogP contribution in [-0.4, -0.2) is 52.6 Å². The number of hydrogen-bond donors (Lipinski definition) is 0. The molecule has 0 aliphatic carbocycles. The molecule has 2 aromatic carbocycles. The van der Waals surface area contributed by atoms with Crippen molar-refractivity contribution in [2.24, 2.45) is 5.92 Å². The Bertz CT molecular complexity index is 1090. The highest BCUT2D eigenvalue weighted by atomic mass is 32.2. The van der Waals surface area contributed by atoms with Crippen molar-refractivity contribution < 1.29 is 27.4 Å². The minimum absolute atomic E-state index is 0.0755. The molecule has 2 aliphatic heterocycles. The van der Waals surface area contributed by atoms with Gasteiger partial charge in [0.25, 0.3) is 0 Å². The first kappa shape index (κ1) is 23.6. The molecule has 33 heavy (non-hydrogen) atoms. The lowest BCUT2D eigenvalue weighted by Gasteiger charge is -2.42. The Morgan fingerprint density at radius 3 is 2.67 bits per heavy atom. The summed E-state index contributed by atoms with van der Waals surface area (Å²) in [5.41, 5.74) is 2.15. The van der Waals surface area contributed by atoms with Crippen LogP contribution in [0.3, 0.4) is 0 Å². The number of anilines is 1. The lowest BCUT2D eigenvalue weighted by atomic mass is 9.97. The van der Waals surface area contributed by atoms with Gasteiger partial charge in [-0.05, 0) is 49.4 Å². The van der Waals surface area contributed by atoms with Crippen LogP contribution in [0.4, 0.5) is 5.69 Å².